The summed E-state index contributed by atoms with van der Waals surface area (Å²) in [6.07, 6.45) is 6.59. The molecule has 0 unspecified atom stereocenters. The second-order valence-corrected chi connectivity index (χ2v) is 6.09. The van der Waals surface area contributed by atoms with Crippen molar-refractivity contribution in [2.75, 3.05) is 7.11 Å². The predicted molar refractivity (Wildman–Crippen MR) is 101 cm³/mol. The first-order valence-electron chi connectivity index (χ1n) is 8.67. The van der Waals surface area contributed by atoms with Gasteiger partial charge in [-0.3, -0.25) is 4.79 Å². The average molecular weight is 349 g/mol. The topological polar surface area (TPSA) is 56.1 Å². The van der Waals surface area contributed by atoms with Crippen LogP contribution in [-0.2, 0) is 24.3 Å². The fraction of sp³-hybridized carbons (Fsp3) is 0.238. The number of hydrogen-bond acceptors (Lipinski definition) is 3. The average Bonchev–Trinajstić information content (AvgIpc) is 3.19. The minimum Gasteiger partial charge on any atom is -0.496 e. The molecule has 134 valence electrons. The number of benzene rings is 2. The van der Waals surface area contributed by atoms with Crippen LogP contribution in [0.4, 0.5) is 0 Å². The first kappa shape index (κ1) is 17.7. The molecule has 1 aromatic heterocycles. The molecule has 0 spiro atoms. The van der Waals surface area contributed by atoms with Crippen LogP contribution in [0.15, 0.2) is 67.3 Å². The monoisotopic (exact) mass is 349 g/mol. The molecule has 0 aliphatic heterocycles. The summed E-state index contributed by atoms with van der Waals surface area (Å²) in [5, 5.41) is 3.02. The number of rotatable bonds is 8. The fourth-order valence-corrected chi connectivity index (χ4v) is 2.90. The molecule has 0 aliphatic rings. The molecule has 3 rings (SSSR count). The molecule has 1 N–H and O–H groups in total. The number of aryl methyl sites for hydroxylation is 1. The molecule has 0 radical (unpaired) electrons. The van der Waals surface area contributed by atoms with Crippen LogP contribution in [0.3, 0.4) is 0 Å². The highest BCUT2D eigenvalue weighted by Crippen LogP contribution is 2.18. The minimum atomic E-state index is 0.0355. The van der Waals surface area contributed by atoms with Gasteiger partial charge in [-0.15, -0.1) is 0 Å². The van der Waals surface area contributed by atoms with Crippen LogP contribution in [0.5, 0.6) is 5.75 Å². The van der Waals surface area contributed by atoms with Crippen molar-refractivity contribution in [2.24, 2.45) is 0 Å². The predicted octanol–water partition coefficient (Wildman–Crippen LogP) is 3.19. The summed E-state index contributed by atoms with van der Waals surface area (Å²) in [5.74, 6) is 0.860. The van der Waals surface area contributed by atoms with E-state index in [2.05, 4.69) is 16.4 Å². The summed E-state index contributed by atoms with van der Waals surface area (Å²) >= 11 is 0. The summed E-state index contributed by atoms with van der Waals surface area (Å²) in [6, 6.07) is 15.9. The number of imidazole rings is 1. The molecule has 2 aromatic carbocycles. The van der Waals surface area contributed by atoms with Gasteiger partial charge in [0.05, 0.1) is 13.4 Å². The van der Waals surface area contributed by atoms with E-state index in [9.17, 15) is 4.79 Å². The zero-order chi connectivity index (χ0) is 18.2. The number of nitrogens with one attached hydrogen (secondary N) is 1. The second kappa shape index (κ2) is 8.85. The van der Waals surface area contributed by atoms with E-state index < -0.39 is 0 Å². The van der Waals surface area contributed by atoms with Crippen molar-refractivity contribution in [2.45, 2.75) is 25.9 Å². The number of para-hydroxylation sites is 1. The second-order valence-electron chi connectivity index (χ2n) is 6.09. The quantitative estimate of drug-likeness (QED) is 0.679. The van der Waals surface area contributed by atoms with Gasteiger partial charge in [0.1, 0.15) is 5.75 Å². The van der Waals surface area contributed by atoms with E-state index in [1.54, 1.807) is 19.6 Å². The van der Waals surface area contributed by atoms with E-state index in [1.807, 2.05) is 53.2 Å². The molecule has 3 aromatic rings. The Hall–Kier alpha value is -3.08. The van der Waals surface area contributed by atoms with Crippen LogP contribution in [-0.4, -0.2) is 22.6 Å². The van der Waals surface area contributed by atoms with E-state index in [-0.39, 0.29) is 5.91 Å². The van der Waals surface area contributed by atoms with Crippen LogP contribution in [0.1, 0.15) is 23.1 Å². The molecule has 5 nitrogen and oxygen atoms in total. The Morgan fingerprint density at radius 2 is 1.81 bits per heavy atom. The van der Waals surface area contributed by atoms with Crippen molar-refractivity contribution < 1.29 is 9.53 Å². The lowest BCUT2D eigenvalue weighted by Crippen LogP contribution is -2.23. The maximum absolute atomic E-state index is 12.3. The smallest absolute Gasteiger partial charge is 0.220 e. The lowest BCUT2D eigenvalue weighted by atomic mass is 10.1. The number of hydrogen-bond donors (Lipinski definition) is 1. The SMILES string of the molecule is COc1ccccc1CCC(=O)NCc1ccccc1Cn1ccnc1. The zero-order valence-corrected chi connectivity index (χ0v) is 14.9. The Balaban J connectivity index is 1.55. The number of amides is 1. The molecular formula is C21H23N3O2. The van der Waals surface area contributed by atoms with Gasteiger partial charge in [0.25, 0.3) is 0 Å². The van der Waals surface area contributed by atoms with Gasteiger partial charge in [-0.25, -0.2) is 4.98 Å². The Morgan fingerprint density at radius 3 is 2.54 bits per heavy atom. The molecule has 5 heteroatoms. The van der Waals surface area contributed by atoms with E-state index in [1.165, 1.54) is 5.56 Å². The first-order valence-corrected chi connectivity index (χ1v) is 8.67. The first-order chi connectivity index (χ1) is 12.8. The summed E-state index contributed by atoms with van der Waals surface area (Å²) in [7, 11) is 1.65. The van der Waals surface area contributed by atoms with Crippen LogP contribution in [0, 0.1) is 0 Å². The molecule has 0 bridgehead atoms. The van der Waals surface area contributed by atoms with Crippen LogP contribution in [0.2, 0.25) is 0 Å². The van der Waals surface area contributed by atoms with Gasteiger partial charge < -0.3 is 14.6 Å². The van der Waals surface area contributed by atoms with Gasteiger partial charge in [-0.1, -0.05) is 42.5 Å². The highest BCUT2D eigenvalue weighted by molar-refractivity contribution is 5.76. The number of carbonyl (C=O) groups excluding carboxylic acids is 1. The highest BCUT2D eigenvalue weighted by Gasteiger charge is 2.08. The van der Waals surface area contributed by atoms with Gasteiger partial charge in [0, 0.05) is 31.9 Å². The number of nitrogens with zero attached hydrogens (tertiary/aromatic N) is 2. The third kappa shape index (κ3) is 4.72. The lowest BCUT2D eigenvalue weighted by molar-refractivity contribution is -0.121. The number of ether oxygens (including phenoxy) is 1. The molecule has 1 amide bonds. The van der Waals surface area contributed by atoms with E-state index in [0.29, 0.717) is 19.4 Å². The van der Waals surface area contributed by atoms with Crippen LogP contribution in [0.25, 0.3) is 0 Å². The van der Waals surface area contributed by atoms with Gasteiger partial charge in [0.15, 0.2) is 0 Å². The zero-order valence-electron chi connectivity index (χ0n) is 14.9. The minimum absolute atomic E-state index is 0.0355. The summed E-state index contributed by atoms with van der Waals surface area (Å²) in [5.41, 5.74) is 3.34. The maximum Gasteiger partial charge on any atom is 0.220 e. The summed E-state index contributed by atoms with van der Waals surface area (Å²) < 4.78 is 7.35. The van der Waals surface area contributed by atoms with Crippen molar-refractivity contribution in [1.82, 2.24) is 14.9 Å². The van der Waals surface area contributed by atoms with Gasteiger partial charge in [0.2, 0.25) is 5.91 Å². The third-order valence-electron chi connectivity index (χ3n) is 4.32. The molecule has 0 saturated heterocycles. The molecule has 0 atom stereocenters. The summed E-state index contributed by atoms with van der Waals surface area (Å²) in [4.78, 5) is 16.3. The van der Waals surface area contributed by atoms with Gasteiger partial charge >= 0.3 is 0 Å². The Bertz CT molecular complexity index is 844. The fourth-order valence-electron chi connectivity index (χ4n) is 2.90. The number of aromatic nitrogens is 2. The lowest BCUT2D eigenvalue weighted by Gasteiger charge is -2.12. The molecule has 0 fully saturated rings. The van der Waals surface area contributed by atoms with Crippen LogP contribution >= 0.6 is 0 Å². The van der Waals surface area contributed by atoms with Crippen molar-refractivity contribution in [3.8, 4) is 5.75 Å². The van der Waals surface area contributed by atoms with E-state index >= 15 is 0 Å². The van der Waals surface area contributed by atoms with Crippen molar-refractivity contribution in [3.63, 3.8) is 0 Å². The van der Waals surface area contributed by atoms with E-state index in [0.717, 1.165) is 23.4 Å². The summed E-state index contributed by atoms with van der Waals surface area (Å²) in [6.45, 7) is 1.27. The Morgan fingerprint density at radius 1 is 1.08 bits per heavy atom. The number of methoxy groups -OCH3 is 1. The Kier molecular flexibility index (Phi) is 6.04. The normalized spacial score (nSPS) is 10.5. The van der Waals surface area contributed by atoms with E-state index in [4.69, 9.17) is 4.74 Å². The van der Waals surface area contributed by atoms with Crippen LogP contribution < -0.4 is 10.1 Å². The highest BCUT2D eigenvalue weighted by atomic mass is 16.5. The molecule has 26 heavy (non-hydrogen) atoms. The molecule has 0 saturated carbocycles. The van der Waals surface area contributed by atoms with Gasteiger partial charge in [-0.2, -0.15) is 0 Å². The number of carbonyl (C=O) groups is 1. The molecular weight excluding hydrogens is 326 g/mol. The van der Waals surface area contributed by atoms with Crippen molar-refractivity contribution >= 4 is 5.91 Å². The third-order valence-corrected chi connectivity index (χ3v) is 4.32. The maximum atomic E-state index is 12.3. The Labute approximate surface area is 153 Å². The molecule has 0 aliphatic carbocycles. The largest absolute Gasteiger partial charge is 0.496 e. The molecule has 1 heterocycles. The van der Waals surface area contributed by atoms with Gasteiger partial charge in [-0.05, 0) is 29.2 Å². The van der Waals surface area contributed by atoms with Crippen molar-refractivity contribution in [1.29, 1.82) is 0 Å². The van der Waals surface area contributed by atoms with Crippen molar-refractivity contribution in [3.05, 3.63) is 83.9 Å². The standard InChI is InChI=1S/C21H23N3O2/c1-26-20-9-5-4-6-17(20)10-11-21(25)23-14-18-7-2-3-8-19(18)15-24-13-12-22-16-24/h2-9,12-13,16H,10-11,14-15H2,1H3,(H,23,25).